The lowest BCUT2D eigenvalue weighted by Crippen LogP contribution is -2.17. The van der Waals surface area contributed by atoms with E-state index in [1.54, 1.807) is 29.8 Å². The minimum atomic E-state index is -0.420. The van der Waals surface area contributed by atoms with Gasteiger partial charge >= 0.3 is 0 Å². The van der Waals surface area contributed by atoms with Crippen LogP contribution in [0.4, 0.5) is 0 Å². The zero-order chi connectivity index (χ0) is 15.4. The number of nitrogens with one attached hydrogen (secondary N) is 1. The molecule has 0 unspecified atom stereocenters. The first-order valence-corrected chi connectivity index (χ1v) is 6.21. The van der Waals surface area contributed by atoms with Gasteiger partial charge in [0.1, 0.15) is 17.5 Å². The summed E-state index contributed by atoms with van der Waals surface area (Å²) in [6.07, 6.45) is 1.48. The Morgan fingerprint density at radius 1 is 1.48 bits per heavy atom. The highest BCUT2D eigenvalue weighted by Gasteiger charge is 2.07. The molecule has 2 rings (SSSR count). The third kappa shape index (κ3) is 3.09. The summed E-state index contributed by atoms with van der Waals surface area (Å²) in [5.41, 5.74) is 4.84. The van der Waals surface area contributed by atoms with Gasteiger partial charge in [-0.25, -0.2) is 5.43 Å². The Balaban J connectivity index is 2.10. The molecule has 0 spiro atoms. The summed E-state index contributed by atoms with van der Waals surface area (Å²) in [7, 11) is 1.79. The molecule has 0 saturated heterocycles. The highest BCUT2D eigenvalue weighted by atomic mass is 16.3. The molecule has 0 fully saturated rings. The number of aromatic nitrogens is 1. The molecule has 0 aliphatic rings. The quantitative estimate of drug-likeness (QED) is 0.662. The van der Waals surface area contributed by atoms with Crippen molar-refractivity contribution in [3.05, 3.63) is 52.8 Å². The van der Waals surface area contributed by atoms with E-state index in [1.165, 1.54) is 18.3 Å². The van der Waals surface area contributed by atoms with Crippen molar-refractivity contribution in [2.45, 2.75) is 6.92 Å². The standard InChI is InChI=1S/C15H14N4O2/c1-10-12(6-13(8-16)19(10)2)9-17-18-15(21)11-4-3-5-14(20)7-11/h3-7,9,20H,1-2H3,(H,18,21). The average Bonchev–Trinajstić information content (AvgIpc) is 2.75. The number of carbonyl (C=O) groups excluding carboxylic acids is 1. The Kier molecular flexibility index (Phi) is 4.05. The lowest BCUT2D eigenvalue weighted by Gasteiger charge is -2.00. The Bertz CT molecular complexity index is 754. The molecule has 0 aliphatic heterocycles. The molecule has 6 heteroatoms. The maximum absolute atomic E-state index is 11.8. The second-order valence-electron chi connectivity index (χ2n) is 4.49. The fourth-order valence-corrected chi connectivity index (χ4v) is 1.83. The monoisotopic (exact) mass is 282 g/mol. The largest absolute Gasteiger partial charge is 0.508 e. The molecular formula is C15H14N4O2. The number of phenols is 1. The summed E-state index contributed by atoms with van der Waals surface area (Å²) >= 11 is 0. The van der Waals surface area contributed by atoms with Crippen molar-refractivity contribution in [3.63, 3.8) is 0 Å². The molecule has 2 N–H and O–H groups in total. The van der Waals surface area contributed by atoms with Crippen LogP contribution >= 0.6 is 0 Å². The van der Waals surface area contributed by atoms with Crippen LogP contribution < -0.4 is 5.43 Å². The third-order valence-electron chi connectivity index (χ3n) is 3.17. The minimum absolute atomic E-state index is 0.0178. The maximum atomic E-state index is 11.8. The van der Waals surface area contributed by atoms with Gasteiger partial charge in [-0.05, 0) is 31.2 Å². The molecule has 1 aromatic carbocycles. The number of phenolic OH excluding ortho intramolecular Hbond substituents is 1. The maximum Gasteiger partial charge on any atom is 0.271 e. The number of carbonyl (C=O) groups is 1. The fourth-order valence-electron chi connectivity index (χ4n) is 1.83. The average molecular weight is 282 g/mol. The van der Waals surface area contributed by atoms with Crippen molar-refractivity contribution in [1.29, 1.82) is 5.26 Å². The van der Waals surface area contributed by atoms with Crippen molar-refractivity contribution in [1.82, 2.24) is 9.99 Å². The number of benzene rings is 1. The van der Waals surface area contributed by atoms with Gasteiger partial charge in [-0.3, -0.25) is 4.79 Å². The van der Waals surface area contributed by atoms with Crippen LogP contribution in [0.5, 0.6) is 5.75 Å². The number of aromatic hydroxyl groups is 1. The van der Waals surface area contributed by atoms with Gasteiger partial charge in [0, 0.05) is 23.9 Å². The van der Waals surface area contributed by atoms with Crippen molar-refractivity contribution >= 4 is 12.1 Å². The Morgan fingerprint density at radius 3 is 2.86 bits per heavy atom. The van der Waals surface area contributed by atoms with Crippen LogP contribution in [0, 0.1) is 18.3 Å². The van der Waals surface area contributed by atoms with E-state index in [4.69, 9.17) is 5.26 Å². The number of nitriles is 1. The topological polar surface area (TPSA) is 90.4 Å². The van der Waals surface area contributed by atoms with Crippen LogP contribution in [0.15, 0.2) is 35.4 Å². The van der Waals surface area contributed by atoms with E-state index in [9.17, 15) is 9.90 Å². The van der Waals surface area contributed by atoms with Crippen LogP contribution in [-0.4, -0.2) is 21.8 Å². The van der Waals surface area contributed by atoms with Crippen molar-refractivity contribution in [2.24, 2.45) is 12.1 Å². The van der Waals surface area contributed by atoms with Crippen molar-refractivity contribution in [3.8, 4) is 11.8 Å². The number of rotatable bonds is 3. The molecule has 0 radical (unpaired) electrons. The van der Waals surface area contributed by atoms with E-state index < -0.39 is 5.91 Å². The number of nitrogens with zero attached hydrogens (tertiary/aromatic N) is 3. The van der Waals surface area contributed by atoms with Gasteiger partial charge in [0.25, 0.3) is 5.91 Å². The van der Waals surface area contributed by atoms with Gasteiger partial charge in [0.2, 0.25) is 0 Å². The molecular weight excluding hydrogens is 268 g/mol. The lowest BCUT2D eigenvalue weighted by molar-refractivity contribution is 0.0954. The van der Waals surface area contributed by atoms with E-state index in [-0.39, 0.29) is 5.75 Å². The van der Waals surface area contributed by atoms with Crippen LogP contribution in [0.25, 0.3) is 0 Å². The normalized spacial score (nSPS) is 10.5. The van der Waals surface area contributed by atoms with Crippen molar-refractivity contribution in [2.75, 3.05) is 0 Å². The summed E-state index contributed by atoms with van der Waals surface area (Å²) in [6, 6.07) is 9.76. The van der Waals surface area contributed by atoms with E-state index in [0.717, 1.165) is 11.3 Å². The van der Waals surface area contributed by atoms with Crippen LogP contribution in [0.3, 0.4) is 0 Å². The van der Waals surface area contributed by atoms with Crippen molar-refractivity contribution < 1.29 is 9.90 Å². The van der Waals surface area contributed by atoms with Gasteiger partial charge in [-0.2, -0.15) is 10.4 Å². The van der Waals surface area contributed by atoms with Gasteiger partial charge in [0.15, 0.2) is 0 Å². The van der Waals surface area contributed by atoms with Gasteiger partial charge < -0.3 is 9.67 Å². The zero-order valence-electron chi connectivity index (χ0n) is 11.7. The minimum Gasteiger partial charge on any atom is -0.508 e. The highest BCUT2D eigenvalue weighted by Crippen LogP contribution is 2.12. The van der Waals surface area contributed by atoms with Gasteiger partial charge in [0.05, 0.1) is 6.21 Å². The van der Waals surface area contributed by atoms with Crippen LogP contribution in [-0.2, 0) is 7.05 Å². The SMILES string of the molecule is Cc1c(C=NNC(=O)c2cccc(O)c2)cc(C#N)n1C. The molecule has 0 saturated carbocycles. The highest BCUT2D eigenvalue weighted by molar-refractivity contribution is 5.95. The molecule has 1 heterocycles. The number of amides is 1. The summed E-state index contributed by atoms with van der Waals surface area (Å²) in [5.74, 6) is -0.402. The van der Waals surface area contributed by atoms with Gasteiger partial charge in [-0.15, -0.1) is 0 Å². The summed E-state index contributed by atoms with van der Waals surface area (Å²) in [6.45, 7) is 1.86. The first kappa shape index (κ1) is 14.3. The predicted octanol–water partition coefficient (Wildman–Crippen LogP) is 1.67. The second kappa shape index (κ2) is 5.92. The van der Waals surface area contributed by atoms with E-state index in [0.29, 0.717) is 11.3 Å². The molecule has 0 bridgehead atoms. The number of hydrogen-bond acceptors (Lipinski definition) is 4. The molecule has 0 aliphatic carbocycles. The molecule has 1 amide bonds. The van der Waals surface area contributed by atoms with E-state index >= 15 is 0 Å². The third-order valence-corrected chi connectivity index (χ3v) is 3.17. The first-order valence-electron chi connectivity index (χ1n) is 6.21. The van der Waals surface area contributed by atoms with Gasteiger partial charge in [-0.1, -0.05) is 6.07 Å². The summed E-state index contributed by atoms with van der Waals surface area (Å²) < 4.78 is 1.75. The summed E-state index contributed by atoms with van der Waals surface area (Å²) in [5, 5.41) is 22.1. The van der Waals surface area contributed by atoms with E-state index in [2.05, 4.69) is 16.6 Å². The molecule has 2 aromatic rings. The second-order valence-corrected chi connectivity index (χ2v) is 4.49. The molecule has 0 atom stereocenters. The predicted molar refractivity (Wildman–Crippen MR) is 78.0 cm³/mol. The lowest BCUT2D eigenvalue weighted by atomic mass is 10.2. The van der Waals surface area contributed by atoms with E-state index in [1.807, 2.05) is 6.92 Å². The molecule has 21 heavy (non-hydrogen) atoms. The molecule has 6 nitrogen and oxygen atoms in total. The molecule has 106 valence electrons. The Hall–Kier alpha value is -3.07. The zero-order valence-corrected chi connectivity index (χ0v) is 11.7. The fraction of sp³-hybridized carbons (Fsp3) is 0.133. The van der Waals surface area contributed by atoms with Crippen LogP contribution in [0.1, 0.15) is 27.3 Å². The summed E-state index contributed by atoms with van der Waals surface area (Å²) in [4.78, 5) is 11.8. The Labute approximate surface area is 121 Å². The van der Waals surface area contributed by atoms with Crippen LogP contribution in [0.2, 0.25) is 0 Å². The number of hydrazone groups is 1. The number of hydrogen-bond donors (Lipinski definition) is 2. The smallest absolute Gasteiger partial charge is 0.271 e. The Morgan fingerprint density at radius 2 is 2.24 bits per heavy atom. The molecule has 1 aromatic heterocycles. The first-order chi connectivity index (χ1) is 10.0.